The number of nitrogens with zero attached hydrogens (tertiary/aromatic N) is 1. The molecule has 0 aliphatic carbocycles. The molecule has 0 aromatic heterocycles. The Morgan fingerprint density at radius 3 is 2.21 bits per heavy atom. The lowest BCUT2D eigenvalue weighted by Crippen LogP contribution is -2.50. The Labute approximate surface area is 170 Å². The summed E-state index contributed by atoms with van der Waals surface area (Å²) in [6, 6.07) is 18.1. The Morgan fingerprint density at radius 2 is 1.62 bits per heavy atom. The van der Waals surface area contributed by atoms with Crippen molar-refractivity contribution < 1.29 is 14.4 Å². The second-order valence-electron chi connectivity index (χ2n) is 7.61. The van der Waals surface area contributed by atoms with Gasteiger partial charge in [-0.05, 0) is 24.0 Å². The summed E-state index contributed by atoms with van der Waals surface area (Å²) in [6.07, 6.45) is 0. The number of carbonyl (C=O) groups is 3. The minimum Gasteiger partial charge on any atom is -0.318 e. The number of nitrogens with one attached hydrogen (secondary N) is 3. The summed E-state index contributed by atoms with van der Waals surface area (Å²) in [5.41, 5.74) is 2.92. The van der Waals surface area contributed by atoms with Crippen molar-refractivity contribution in [1.82, 2.24) is 21.1 Å². The number of urea groups is 1. The van der Waals surface area contributed by atoms with Crippen LogP contribution in [-0.4, -0.2) is 29.4 Å². The van der Waals surface area contributed by atoms with Crippen LogP contribution in [-0.2, 0) is 15.1 Å². The minimum atomic E-state index is -1.22. The molecule has 2 atom stereocenters. The van der Waals surface area contributed by atoms with E-state index in [1.54, 1.807) is 31.2 Å². The highest BCUT2D eigenvalue weighted by Gasteiger charge is 2.49. The Kier molecular flexibility index (Phi) is 5.98. The summed E-state index contributed by atoms with van der Waals surface area (Å²) in [7, 11) is 0. The molecule has 2 aromatic carbocycles. The van der Waals surface area contributed by atoms with Crippen molar-refractivity contribution in [1.29, 1.82) is 0 Å². The van der Waals surface area contributed by atoms with Gasteiger partial charge < -0.3 is 10.6 Å². The van der Waals surface area contributed by atoms with E-state index in [4.69, 9.17) is 0 Å². The van der Waals surface area contributed by atoms with Crippen LogP contribution >= 0.6 is 0 Å². The third kappa shape index (κ3) is 4.30. The predicted molar refractivity (Wildman–Crippen MR) is 109 cm³/mol. The Balaban J connectivity index is 1.65. The predicted octanol–water partition coefficient (Wildman–Crippen LogP) is 2.47. The van der Waals surface area contributed by atoms with E-state index in [9.17, 15) is 14.4 Å². The van der Waals surface area contributed by atoms with Crippen molar-refractivity contribution in [2.24, 2.45) is 5.92 Å². The average Bonchev–Trinajstić information content (AvgIpc) is 2.93. The molecule has 1 heterocycles. The summed E-state index contributed by atoms with van der Waals surface area (Å²) < 4.78 is 0. The lowest BCUT2D eigenvalue weighted by atomic mass is 9.92. The number of benzene rings is 2. The number of hydrazine groups is 1. The SMILES string of the molecule is CC(C)[C@@H](NCC(=O)NN1C(=O)N[C@@](C)(c2ccccc2)C1=O)c1ccccc1. The van der Waals surface area contributed by atoms with Crippen LogP contribution in [0.25, 0.3) is 0 Å². The minimum absolute atomic E-state index is 0.0281. The van der Waals surface area contributed by atoms with Crippen molar-refractivity contribution in [3.8, 4) is 0 Å². The zero-order valence-electron chi connectivity index (χ0n) is 16.8. The molecule has 3 N–H and O–H groups in total. The molecular formula is C22H26N4O3. The second kappa shape index (κ2) is 8.45. The highest BCUT2D eigenvalue weighted by molar-refractivity contribution is 6.08. The van der Waals surface area contributed by atoms with E-state index in [0.717, 1.165) is 10.6 Å². The maximum atomic E-state index is 12.8. The molecule has 7 nitrogen and oxygen atoms in total. The molecule has 29 heavy (non-hydrogen) atoms. The van der Waals surface area contributed by atoms with Crippen molar-refractivity contribution >= 4 is 17.8 Å². The Hall–Kier alpha value is -3.19. The van der Waals surface area contributed by atoms with Crippen LogP contribution in [0.3, 0.4) is 0 Å². The number of amides is 4. The zero-order valence-corrected chi connectivity index (χ0v) is 16.8. The Morgan fingerprint density at radius 1 is 1.03 bits per heavy atom. The topological polar surface area (TPSA) is 90.5 Å². The first kappa shape index (κ1) is 20.5. The van der Waals surface area contributed by atoms with Gasteiger partial charge in [0.05, 0.1) is 6.54 Å². The molecule has 1 fully saturated rings. The summed E-state index contributed by atoms with van der Waals surface area (Å²) >= 11 is 0. The maximum Gasteiger partial charge on any atom is 0.344 e. The van der Waals surface area contributed by atoms with Gasteiger partial charge in [0.25, 0.3) is 11.8 Å². The van der Waals surface area contributed by atoms with E-state index >= 15 is 0 Å². The van der Waals surface area contributed by atoms with E-state index in [-0.39, 0.29) is 18.5 Å². The van der Waals surface area contributed by atoms with Gasteiger partial charge in [-0.15, -0.1) is 0 Å². The monoisotopic (exact) mass is 394 g/mol. The van der Waals surface area contributed by atoms with Crippen LogP contribution in [0.1, 0.15) is 37.9 Å². The lowest BCUT2D eigenvalue weighted by molar-refractivity contribution is -0.138. The smallest absolute Gasteiger partial charge is 0.318 e. The van der Waals surface area contributed by atoms with Crippen LogP contribution in [0.2, 0.25) is 0 Å². The van der Waals surface area contributed by atoms with E-state index < -0.39 is 23.4 Å². The number of rotatable bonds is 7. The molecule has 4 amide bonds. The molecule has 0 spiro atoms. The van der Waals surface area contributed by atoms with E-state index in [1.807, 2.05) is 36.4 Å². The van der Waals surface area contributed by atoms with Gasteiger partial charge in [-0.25, -0.2) is 4.79 Å². The van der Waals surface area contributed by atoms with E-state index in [1.165, 1.54) is 0 Å². The first-order chi connectivity index (χ1) is 13.8. The van der Waals surface area contributed by atoms with Gasteiger partial charge in [0.1, 0.15) is 5.54 Å². The highest BCUT2D eigenvalue weighted by atomic mass is 16.2. The quantitative estimate of drug-likeness (QED) is 0.629. The normalized spacial score (nSPS) is 19.9. The fraction of sp³-hybridized carbons (Fsp3) is 0.318. The summed E-state index contributed by atoms with van der Waals surface area (Å²) in [5, 5.41) is 6.63. The molecule has 0 radical (unpaired) electrons. The van der Waals surface area contributed by atoms with Gasteiger partial charge in [-0.2, -0.15) is 5.01 Å². The molecule has 7 heteroatoms. The van der Waals surface area contributed by atoms with E-state index in [0.29, 0.717) is 5.56 Å². The van der Waals surface area contributed by atoms with Crippen LogP contribution in [0.4, 0.5) is 4.79 Å². The number of hydrogen-bond acceptors (Lipinski definition) is 4. The summed E-state index contributed by atoms with van der Waals surface area (Å²) in [6.45, 7) is 5.71. The van der Waals surface area contributed by atoms with Gasteiger partial charge in [0.15, 0.2) is 0 Å². The van der Waals surface area contributed by atoms with Gasteiger partial charge in [0, 0.05) is 6.04 Å². The molecule has 0 saturated carbocycles. The lowest BCUT2D eigenvalue weighted by Gasteiger charge is -2.24. The third-order valence-corrected chi connectivity index (χ3v) is 5.09. The fourth-order valence-corrected chi connectivity index (χ4v) is 3.47. The number of carbonyl (C=O) groups excluding carboxylic acids is 3. The zero-order chi connectivity index (χ0) is 21.0. The third-order valence-electron chi connectivity index (χ3n) is 5.09. The number of hydrogen-bond donors (Lipinski definition) is 3. The van der Waals surface area contributed by atoms with Crippen molar-refractivity contribution in [2.75, 3.05) is 6.54 Å². The van der Waals surface area contributed by atoms with Crippen molar-refractivity contribution in [3.63, 3.8) is 0 Å². The highest BCUT2D eigenvalue weighted by Crippen LogP contribution is 2.27. The summed E-state index contributed by atoms with van der Waals surface area (Å²) in [4.78, 5) is 37.6. The molecule has 2 aromatic rings. The van der Waals surface area contributed by atoms with Crippen LogP contribution in [0.5, 0.6) is 0 Å². The van der Waals surface area contributed by atoms with Crippen molar-refractivity contribution in [2.45, 2.75) is 32.4 Å². The molecule has 0 bridgehead atoms. The molecule has 0 unspecified atom stereocenters. The molecule has 1 aliphatic heterocycles. The van der Waals surface area contributed by atoms with Crippen LogP contribution < -0.4 is 16.1 Å². The average molecular weight is 394 g/mol. The molecular weight excluding hydrogens is 368 g/mol. The fourth-order valence-electron chi connectivity index (χ4n) is 3.47. The summed E-state index contributed by atoms with van der Waals surface area (Å²) in [5.74, 6) is -0.735. The Bertz CT molecular complexity index is 885. The van der Waals surface area contributed by atoms with Gasteiger partial charge in [-0.3, -0.25) is 15.0 Å². The second-order valence-corrected chi connectivity index (χ2v) is 7.61. The van der Waals surface area contributed by atoms with Crippen LogP contribution in [0, 0.1) is 5.92 Å². The van der Waals surface area contributed by atoms with Crippen LogP contribution in [0.15, 0.2) is 60.7 Å². The largest absolute Gasteiger partial charge is 0.344 e. The molecule has 1 saturated heterocycles. The molecule has 3 rings (SSSR count). The standard InChI is InChI=1S/C22H26N4O3/c1-15(2)19(16-10-6-4-7-11-16)23-14-18(27)25-26-20(28)22(3,24-21(26)29)17-12-8-5-9-13-17/h4-13,15,19,23H,14H2,1-3H3,(H,24,29)(H,25,27)/t19-,22+/m1/s1. The first-order valence-corrected chi connectivity index (χ1v) is 9.63. The van der Waals surface area contributed by atoms with Gasteiger partial charge in [-0.1, -0.05) is 74.5 Å². The van der Waals surface area contributed by atoms with Gasteiger partial charge in [0.2, 0.25) is 0 Å². The maximum absolute atomic E-state index is 12.8. The molecule has 152 valence electrons. The van der Waals surface area contributed by atoms with Crippen molar-refractivity contribution in [3.05, 3.63) is 71.8 Å². The number of imide groups is 1. The van der Waals surface area contributed by atoms with Gasteiger partial charge >= 0.3 is 6.03 Å². The van der Waals surface area contributed by atoms with E-state index in [2.05, 4.69) is 29.9 Å². The first-order valence-electron chi connectivity index (χ1n) is 9.63. The molecule has 1 aliphatic rings.